The topological polar surface area (TPSA) is 80.6 Å². The molecule has 1 N–H and O–H groups in total. The number of nitrogens with one attached hydrogen (secondary N) is 1. The van der Waals surface area contributed by atoms with Crippen molar-refractivity contribution in [2.45, 2.75) is 13.5 Å². The van der Waals surface area contributed by atoms with E-state index < -0.39 is 5.91 Å². The van der Waals surface area contributed by atoms with Crippen molar-refractivity contribution >= 4 is 40.3 Å². The maximum absolute atomic E-state index is 13.9. The van der Waals surface area contributed by atoms with E-state index in [0.29, 0.717) is 44.2 Å². The van der Waals surface area contributed by atoms with E-state index in [1.165, 1.54) is 19.3 Å². The van der Waals surface area contributed by atoms with Gasteiger partial charge in [0.25, 0.3) is 5.91 Å². The van der Waals surface area contributed by atoms with Crippen molar-refractivity contribution in [3.05, 3.63) is 86.8 Å². The molecule has 3 aromatic carbocycles. The number of rotatable bonds is 9. The van der Waals surface area contributed by atoms with Gasteiger partial charge in [0.2, 0.25) is 0 Å². The van der Waals surface area contributed by atoms with Gasteiger partial charge in [0.1, 0.15) is 29.8 Å². The fraction of sp³-hybridized carbons (Fsp3) is 0.154. The smallest absolute Gasteiger partial charge is 0.266 e. The minimum atomic E-state index is -0.541. The number of hydrogen-bond acceptors (Lipinski definition) is 5. The predicted octanol–water partition coefficient (Wildman–Crippen LogP) is 5.96. The van der Waals surface area contributed by atoms with Crippen molar-refractivity contribution in [1.29, 1.82) is 5.26 Å². The molecule has 6 nitrogen and oxygen atoms in total. The van der Waals surface area contributed by atoms with Gasteiger partial charge >= 0.3 is 0 Å². The Hall–Kier alpha value is -3.58. The number of anilines is 1. The molecule has 3 rings (SSSR count). The highest BCUT2D eigenvalue weighted by Gasteiger charge is 2.15. The number of halogens is 2. The van der Waals surface area contributed by atoms with E-state index in [9.17, 15) is 14.4 Å². The molecule has 0 saturated carbocycles. The normalized spacial score (nSPS) is 10.9. The van der Waals surface area contributed by atoms with Crippen LogP contribution >= 0.6 is 22.6 Å². The fourth-order valence-corrected chi connectivity index (χ4v) is 3.82. The molecule has 0 radical (unpaired) electrons. The van der Waals surface area contributed by atoms with Gasteiger partial charge < -0.3 is 19.5 Å². The Morgan fingerprint density at radius 3 is 2.53 bits per heavy atom. The van der Waals surface area contributed by atoms with Gasteiger partial charge in [-0.05, 0) is 83.6 Å². The maximum atomic E-state index is 13.9. The quantitative estimate of drug-likeness (QED) is 0.195. The van der Waals surface area contributed by atoms with E-state index in [0.717, 1.165) is 0 Å². The molecule has 0 fully saturated rings. The average molecular weight is 572 g/mol. The maximum Gasteiger partial charge on any atom is 0.266 e. The molecule has 3 aromatic rings. The minimum absolute atomic E-state index is 0.0299. The Balaban J connectivity index is 1.78. The standard InChI is InChI=1S/C26H22FIN2O4/c1-3-33-21-10-8-20(9-11-21)30-26(31)19(15-29)12-17-13-23(28)25(24(14-17)32-2)34-16-18-6-4-5-7-22(18)27/h4-14H,3,16H2,1-2H3,(H,30,31)/b19-12-. The SMILES string of the molecule is CCOc1ccc(NC(=O)/C(C#N)=C\c2cc(I)c(OCc3ccccc3F)c(OC)c2)cc1. The van der Waals surface area contributed by atoms with E-state index in [4.69, 9.17) is 14.2 Å². The molecular formula is C26H22FIN2O4. The van der Waals surface area contributed by atoms with Gasteiger partial charge in [-0.1, -0.05) is 18.2 Å². The second kappa shape index (κ2) is 12.0. The van der Waals surface area contributed by atoms with Crippen LogP contribution in [0, 0.1) is 20.7 Å². The monoisotopic (exact) mass is 572 g/mol. The molecule has 0 aliphatic rings. The third-order valence-corrected chi connectivity index (χ3v) is 5.48. The number of ether oxygens (including phenoxy) is 3. The van der Waals surface area contributed by atoms with Gasteiger partial charge in [-0.3, -0.25) is 4.79 Å². The van der Waals surface area contributed by atoms with Gasteiger partial charge in [-0.25, -0.2) is 4.39 Å². The number of nitrogens with zero attached hydrogens (tertiary/aromatic N) is 1. The third kappa shape index (κ3) is 6.48. The molecule has 0 bridgehead atoms. The molecule has 0 spiro atoms. The Morgan fingerprint density at radius 2 is 1.88 bits per heavy atom. The van der Waals surface area contributed by atoms with Gasteiger partial charge in [-0.15, -0.1) is 0 Å². The number of amides is 1. The second-order valence-corrected chi connectivity index (χ2v) is 8.16. The zero-order chi connectivity index (χ0) is 24.5. The summed E-state index contributed by atoms with van der Waals surface area (Å²) in [5, 5.41) is 12.2. The summed E-state index contributed by atoms with van der Waals surface area (Å²) in [6.45, 7) is 2.46. The van der Waals surface area contributed by atoms with Crippen molar-refractivity contribution in [1.82, 2.24) is 0 Å². The van der Waals surface area contributed by atoms with Crippen LogP contribution in [0.1, 0.15) is 18.1 Å². The molecule has 0 saturated heterocycles. The molecule has 0 heterocycles. The lowest BCUT2D eigenvalue weighted by atomic mass is 10.1. The molecule has 0 aliphatic carbocycles. The molecule has 0 unspecified atom stereocenters. The Kier molecular flexibility index (Phi) is 8.87. The number of nitriles is 1. The van der Waals surface area contributed by atoms with Crippen LogP contribution in [-0.4, -0.2) is 19.6 Å². The van der Waals surface area contributed by atoms with Gasteiger partial charge in [0.05, 0.1) is 17.3 Å². The van der Waals surface area contributed by atoms with Crippen molar-refractivity contribution in [2.24, 2.45) is 0 Å². The van der Waals surface area contributed by atoms with Crippen molar-refractivity contribution in [2.75, 3.05) is 19.0 Å². The number of carbonyl (C=O) groups is 1. The first-order valence-corrected chi connectivity index (χ1v) is 11.4. The summed E-state index contributed by atoms with van der Waals surface area (Å²) >= 11 is 2.07. The van der Waals surface area contributed by atoms with Crippen LogP contribution in [0.4, 0.5) is 10.1 Å². The van der Waals surface area contributed by atoms with E-state index in [-0.39, 0.29) is 18.0 Å². The number of carbonyl (C=O) groups excluding carboxylic acids is 1. The van der Waals surface area contributed by atoms with E-state index in [1.807, 2.05) is 13.0 Å². The summed E-state index contributed by atoms with van der Waals surface area (Å²) in [4.78, 5) is 12.6. The van der Waals surface area contributed by atoms with E-state index in [1.54, 1.807) is 54.6 Å². The van der Waals surface area contributed by atoms with E-state index in [2.05, 4.69) is 27.9 Å². The first kappa shape index (κ1) is 25.1. The van der Waals surface area contributed by atoms with Crippen molar-refractivity contribution < 1.29 is 23.4 Å². The van der Waals surface area contributed by atoms with E-state index >= 15 is 0 Å². The highest BCUT2D eigenvalue weighted by molar-refractivity contribution is 14.1. The first-order valence-electron chi connectivity index (χ1n) is 10.3. The largest absolute Gasteiger partial charge is 0.494 e. The van der Waals surface area contributed by atoms with Gasteiger partial charge in [-0.2, -0.15) is 5.26 Å². The van der Waals surface area contributed by atoms with Crippen molar-refractivity contribution in [3.63, 3.8) is 0 Å². The molecule has 174 valence electrons. The summed E-state index contributed by atoms with van der Waals surface area (Å²) in [5.74, 6) is 0.642. The molecule has 8 heteroatoms. The van der Waals surface area contributed by atoms with Crippen LogP contribution < -0.4 is 19.5 Å². The molecule has 0 aromatic heterocycles. The summed E-state index contributed by atoms with van der Waals surface area (Å²) in [6.07, 6.45) is 1.47. The average Bonchev–Trinajstić information content (AvgIpc) is 2.83. The van der Waals surface area contributed by atoms with Gasteiger partial charge in [0, 0.05) is 11.3 Å². The molecule has 1 amide bonds. The molecular weight excluding hydrogens is 550 g/mol. The minimum Gasteiger partial charge on any atom is -0.494 e. The molecule has 34 heavy (non-hydrogen) atoms. The summed E-state index contributed by atoms with van der Waals surface area (Å²) < 4.78 is 31.2. The lowest BCUT2D eigenvalue weighted by molar-refractivity contribution is -0.112. The second-order valence-electron chi connectivity index (χ2n) is 7.00. The fourth-order valence-electron chi connectivity index (χ4n) is 3.04. The Bertz CT molecular complexity index is 1240. The Labute approximate surface area is 211 Å². The zero-order valence-corrected chi connectivity index (χ0v) is 20.8. The van der Waals surface area contributed by atoms with Crippen LogP contribution in [0.3, 0.4) is 0 Å². The Morgan fingerprint density at radius 1 is 1.15 bits per heavy atom. The van der Waals surface area contributed by atoms with Crippen LogP contribution in [0.5, 0.6) is 17.2 Å². The van der Waals surface area contributed by atoms with Crippen LogP contribution in [0.25, 0.3) is 6.08 Å². The molecule has 0 atom stereocenters. The zero-order valence-electron chi connectivity index (χ0n) is 18.6. The summed E-state index contributed by atoms with van der Waals surface area (Å²) in [6, 6.07) is 18.6. The first-order chi connectivity index (χ1) is 16.4. The number of hydrogen-bond donors (Lipinski definition) is 1. The lowest BCUT2D eigenvalue weighted by Crippen LogP contribution is -2.13. The van der Waals surface area contributed by atoms with Crippen molar-refractivity contribution in [3.8, 4) is 23.3 Å². The number of benzene rings is 3. The van der Waals surface area contributed by atoms with Crippen LogP contribution in [0.15, 0.2) is 66.2 Å². The highest BCUT2D eigenvalue weighted by atomic mass is 127. The summed E-state index contributed by atoms with van der Waals surface area (Å²) in [7, 11) is 1.48. The summed E-state index contributed by atoms with van der Waals surface area (Å²) in [5.41, 5.74) is 1.46. The van der Waals surface area contributed by atoms with Gasteiger partial charge in [0.15, 0.2) is 11.5 Å². The van der Waals surface area contributed by atoms with Crippen LogP contribution in [-0.2, 0) is 11.4 Å². The molecule has 0 aliphatic heterocycles. The highest BCUT2D eigenvalue weighted by Crippen LogP contribution is 2.35. The lowest BCUT2D eigenvalue weighted by Gasteiger charge is -2.14. The van der Waals surface area contributed by atoms with Crippen LogP contribution in [0.2, 0.25) is 0 Å². The third-order valence-electron chi connectivity index (χ3n) is 4.68. The predicted molar refractivity (Wildman–Crippen MR) is 136 cm³/mol. The number of methoxy groups -OCH3 is 1.